The van der Waals surface area contributed by atoms with Crippen LogP contribution in [0.1, 0.15) is 62.4 Å². The van der Waals surface area contributed by atoms with Gasteiger partial charge in [0.1, 0.15) is 0 Å². The molecule has 29 heavy (non-hydrogen) atoms. The summed E-state index contributed by atoms with van der Waals surface area (Å²) in [5.74, 6) is 3.76. The molecule has 2 aromatic rings. The van der Waals surface area contributed by atoms with E-state index in [1.165, 1.54) is 50.3 Å². The number of amides is 1. The van der Waals surface area contributed by atoms with Gasteiger partial charge in [0.15, 0.2) is 0 Å². The summed E-state index contributed by atoms with van der Waals surface area (Å²) in [6.45, 7) is 8.30. The Bertz CT molecular complexity index is 932. The summed E-state index contributed by atoms with van der Waals surface area (Å²) in [6.07, 6.45) is 8.23. The van der Waals surface area contributed by atoms with E-state index in [9.17, 15) is 4.79 Å². The molecule has 1 atom stereocenters. The standard InChI is InChI=1S/C22H31N5OS/c1-12-13(2)23-20-25-21(26-27(20)14(12)3)29-11-19(28)24-15(4)22-8-16-5-17(9-22)7-18(6-16)10-22/h15-18H,5-11H2,1-4H3,(H,24,28). The van der Waals surface area contributed by atoms with E-state index >= 15 is 0 Å². The Labute approximate surface area is 176 Å². The van der Waals surface area contributed by atoms with Gasteiger partial charge in [-0.05, 0) is 95.0 Å². The third-order valence-corrected chi connectivity index (χ3v) is 8.79. The van der Waals surface area contributed by atoms with E-state index < -0.39 is 0 Å². The number of carbonyl (C=O) groups is 1. The van der Waals surface area contributed by atoms with E-state index in [0.717, 1.165) is 34.7 Å². The van der Waals surface area contributed by atoms with Crippen molar-refractivity contribution in [2.75, 3.05) is 5.75 Å². The first kappa shape index (κ1) is 19.3. The van der Waals surface area contributed by atoms with Crippen LogP contribution in [-0.2, 0) is 4.79 Å². The first-order valence-corrected chi connectivity index (χ1v) is 11.9. The molecule has 0 saturated heterocycles. The predicted octanol–water partition coefficient (Wildman–Crippen LogP) is 3.86. The molecule has 2 aromatic heterocycles. The second kappa shape index (κ2) is 6.96. The number of carbonyl (C=O) groups excluding carboxylic acids is 1. The molecule has 0 spiro atoms. The van der Waals surface area contributed by atoms with Crippen molar-refractivity contribution in [2.45, 2.75) is 77.4 Å². The maximum absolute atomic E-state index is 12.7. The number of hydrogen-bond acceptors (Lipinski definition) is 5. The Balaban J connectivity index is 1.23. The van der Waals surface area contributed by atoms with E-state index in [1.807, 2.05) is 20.8 Å². The summed E-state index contributed by atoms with van der Waals surface area (Å²) in [7, 11) is 0. The highest BCUT2D eigenvalue weighted by Gasteiger charge is 2.53. The fraction of sp³-hybridized carbons (Fsp3) is 0.727. The van der Waals surface area contributed by atoms with Crippen molar-refractivity contribution in [3.63, 3.8) is 0 Å². The van der Waals surface area contributed by atoms with Crippen molar-refractivity contribution in [3.05, 3.63) is 17.0 Å². The lowest BCUT2D eigenvalue weighted by Gasteiger charge is -2.59. The summed E-state index contributed by atoms with van der Waals surface area (Å²) in [4.78, 5) is 21.7. The number of rotatable bonds is 5. The third kappa shape index (κ3) is 3.35. The molecule has 0 radical (unpaired) electrons. The van der Waals surface area contributed by atoms with Gasteiger partial charge in [0.05, 0.1) is 5.75 Å². The lowest BCUT2D eigenvalue weighted by Crippen LogP contribution is -2.56. The molecule has 7 heteroatoms. The highest BCUT2D eigenvalue weighted by Crippen LogP contribution is 2.61. The first-order valence-electron chi connectivity index (χ1n) is 11.0. The summed E-state index contributed by atoms with van der Waals surface area (Å²) in [6, 6.07) is 0.257. The van der Waals surface area contributed by atoms with Gasteiger partial charge in [-0.15, -0.1) is 5.10 Å². The normalized spacial score (nSPS) is 31.4. The van der Waals surface area contributed by atoms with Crippen molar-refractivity contribution >= 4 is 23.4 Å². The zero-order valence-corrected chi connectivity index (χ0v) is 18.7. The van der Waals surface area contributed by atoms with Gasteiger partial charge in [0, 0.05) is 17.4 Å². The molecule has 156 valence electrons. The van der Waals surface area contributed by atoms with Crippen LogP contribution in [0.2, 0.25) is 0 Å². The zero-order valence-electron chi connectivity index (χ0n) is 17.9. The fourth-order valence-electron chi connectivity index (χ4n) is 6.57. The predicted molar refractivity (Wildman–Crippen MR) is 114 cm³/mol. The molecular weight excluding hydrogens is 382 g/mol. The highest BCUT2D eigenvalue weighted by molar-refractivity contribution is 7.99. The van der Waals surface area contributed by atoms with Crippen LogP contribution in [0.5, 0.6) is 0 Å². The lowest BCUT2D eigenvalue weighted by molar-refractivity contribution is -0.123. The number of thioether (sulfide) groups is 1. The van der Waals surface area contributed by atoms with E-state index in [4.69, 9.17) is 0 Å². The second-order valence-corrected chi connectivity index (χ2v) is 10.8. The monoisotopic (exact) mass is 413 g/mol. The topological polar surface area (TPSA) is 72.2 Å². The van der Waals surface area contributed by atoms with Gasteiger partial charge in [-0.25, -0.2) is 9.50 Å². The van der Waals surface area contributed by atoms with Crippen LogP contribution in [-0.4, -0.2) is 37.3 Å². The van der Waals surface area contributed by atoms with Crippen LogP contribution < -0.4 is 5.32 Å². The Kier molecular flexibility index (Phi) is 4.64. The molecule has 1 amide bonds. The van der Waals surface area contributed by atoms with E-state index in [0.29, 0.717) is 22.1 Å². The van der Waals surface area contributed by atoms with Gasteiger partial charge in [0.2, 0.25) is 11.1 Å². The fourth-order valence-corrected chi connectivity index (χ4v) is 7.20. The lowest BCUT2D eigenvalue weighted by atomic mass is 9.48. The average molecular weight is 414 g/mol. The SMILES string of the molecule is Cc1nc2nc(SCC(=O)NC(C)C34CC5CC(CC(C5)C3)C4)nn2c(C)c1C. The Morgan fingerprint density at radius 2 is 1.76 bits per heavy atom. The number of hydrogen-bond donors (Lipinski definition) is 1. The quantitative estimate of drug-likeness (QED) is 0.754. The van der Waals surface area contributed by atoms with Gasteiger partial charge >= 0.3 is 0 Å². The molecule has 4 bridgehead atoms. The van der Waals surface area contributed by atoms with Crippen LogP contribution >= 0.6 is 11.8 Å². The highest BCUT2D eigenvalue weighted by atomic mass is 32.2. The van der Waals surface area contributed by atoms with Crippen molar-refractivity contribution in [1.29, 1.82) is 0 Å². The summed E-state index contributed by atoms with van der Waals surface area (Å²) in [5.41, 5.74) is 3.49. The molecule has 4 aliphatic rings. The molecule has 4 fully saturated rings. The van der Waals surface area contributed by atoms with E-state index in [1.54, 1.807) is 4.52 Å². The summed E-state index contributed by atoms with van der Waals surface area (Å²) in [5, 5.41) is 8.49. The first-order chi connectivity index (χ1) is 13.8. The van der Waals surface area contributed by atoms with Crippen LogP contribution in [0, 0.1) is 43.9 Å². The van der Waals surface area contributed by atoms with Crippen molar-refractivity contribution in [2.24, 2.45) is 23.2 Å². The van der Waals surface area contributed by atoms with Gasteiger partial charge in [-0.3, -0.25) is 4.79 Å². The molecule has 4 saturated carbocycles. The Morgan fingerprint density at radius 1 is 1.14 bits per heavy atom. The molecule has 2 heterocycles. The molecule has 1 N–H and O–H groups in total. The minimum atomic E-state index is 0.0918. The number of nitrogens with zero attached hydrogens (tertiary/aromatic N) is 4. The second-order valence-electron chi connectivity index (χ2n) is 9.87. The van der Waals surface area contributed by atoms with Gasteiger partial charge in [0.25, 0.3) is 5.78 Å². The van der Waals surface area contributed by atoms with Gasteiger partial charge in [-0.1, -0.05) is 11.8 Å². The number of aromatic nitrogens is 4. The maximum Gasteiger partial charge on any atom is 0.253 e. The molecule has 0 aromatic carbocycles. The summed E-state index contributed by atoms with van der Waals surface area (Å²) < 4.78 is 1.78. The van der Waals surface area contributed by atoms with Gasteiger partial charge < -0.3 is 5.32 Å². The largest absolute Gasteiger partial charge is 0.352 e. The number of fused-ring (bicyclic) bond motifs is 1. The Morgan fingerprint density at radius 3 is 2.38 bits per heavy atom. The van der Waals surface area contributed by atoms with Crippen molar-refractivity contribution in [1.82, 2.24) is 24.9 Å². The number of aryl methyl sites for hydroxylation is 2. The summed E-state index contributed by atoms with van der Waals surface area (Å²) >= 11 is 1.40. The van der Waals surface area contributed by atoms with Crippen LogP contribution in [0.4, 0.5) is 0 Å². The smallest absolute Gasteiger partial charge is 0.253 e. The van der Waals surface area contributed by atoms with Gasteiger partial charge in [-0.2, -0.15) is 4.98 Å². The molecule has 1 unspecified atom stereocenters. The minimum Gasteiger partial charge on any atom is -0.352 e. The van der Waals surface area contributed by atoms with E-state index in [-0.39, 0.29) is 11.9 Å². The molecular formula is C22H31N5OS. The molecule has 6 rings (SSSR count). The minimum absolute atomic E-state index is 0.0918. The molecule has 6 nitrogen and oxygen atoms in total. The zero-order chi connectivity index (χ0) is 20.3. The van der Waals surface area contributed by atoms with Crippen molar-refractivity contribution < 1.29 is 4.79 Å². The van der Waals surface area contributed by atoms with Crippen LogP contribution in [0.15, 0.2) is 5.16 Å². The number of nitrogens with one attached hydrogen (secondary N) is 1. The van der Waals surface area contributed by atoms with Crippen LogP contribution in [0.25, 0.3) is 5.78 Å². The average Bonchev–Trinajstić information content (AvgIpc) is 3.06. The molecule has 0 aliphatic heterocycles. The van der Waals surface area contributed by atoms with Crippen LogP contribution in [0.3, 0.4) is 0 Å². The van der Waals surface area contributed by atoms with E-state index in [2.05, 4.69) is 27.3 Å². The maximum atomic E-state index is 12.7. The Hall–Kier alpha value is -1.63. The molecule has 4 aliphatic carbocycles. The van der Waals surface area contributed by atoms with Crippen molar-refractivity contribution in [3.8, 4) is 0 Å². The third-order valence-electron chi connectivity index (χ3n) is 7.96.